The summed E-state index contributed by atoms with van der Waals surface area (Å²) in [7, 11) is 0. The first-order valence-electron chi connectivity index (χ1n) is 21.5. The van der Waals surface area contributed by atoms with Crippen LogP contribution in [0.5, 0.6) is 23.0 Å². The molecule has 0 unspecified atom stereocenters. The Bertz CT molecular complexity index is 1660. The first-order chi connectivity index (χ1) is 26.1. The van der Waals surface area contributed by atoms with Gasteiger partial charge in [-0.15, -0.1) is 0 Å². The molecule has 0 atom stereocenters. The monoisotopic (exact) mass is 729 g/mol. The van der Waals surface area contributed by atoms with Gasteiger partial charge in [-0.05, 0) is 142 Å². The number of nitrogens with two attached hydrogens (primary N) is 2. The minimum Gasteiger partial charge on any atom is -0.457 e. The van der Waals surface area contributed by atoms with Crippen molar-refractivity contribution in [1.82, 2.24) is 0 Å². The third-order valence-corrected chi connectivity index (χ3v) is 13.1. The van der Waals surface area contributed by atoms with Crippen LogP contribution in [0, 0.1) is 45.4 Å². The van der Waals surface area contributed by atoms with Crippen molar-refractivity contribution in [3.8, 4) is 23.0 Å². The van der Waals surface area contributed by atoms with Crippen LogP contribution in [0.1, 0.15) is 149 Å². The van der Waals surface area contributed by atoms with Crippen LogP contribution in [0.3, 0.4) is 0 Å². The standard InChI is InChI=1S/C50H68N2O2/c1-6-7-8-9-10-11-12-13-16-39-21-23-40(24-22-39)41-25-27-50(28-26-41,42-29-35(2)48(36(3)30-42)53-46-19-14-17-44(51)33-46)43-31-37(4)49(38(5)32-43)54-47-20-15-18-45(52)34-47/h14-15,17-20,29-34,39-41H,6-13,16,21-28,51-52H2,1-5H3. The first-order valence-corrected chi connectivity index (χ1v) is 21.5. The second-order valence-electron chi connectivity index (χ2n) is 17.2. The van der Waals surface area contributed by atoms with Gasteiger partial charge in [0.25, 0.3) is 0 Å². The SMILES string of the molecule is CCCCCCCCCCC1CCC(C2CCC(c3cc(C)c(Oc4cccc(N)c4)c(C)c3)(c3cc(C)c(Oc4cccc(N)c4)c(C)c3)CC2)CC1. The van der Waals surface area contributed by atoms with Gasteiger partial charge in [-0.25, -0.2) is 0 Å². The normalized spacial score (nSPS) is 18.8. The van der Waals surface area contributed by atoms with Gasteiger partial charge in [0.2, 0.25) is 0 Å². The second kappa shape index (κ2) is 18.6. The Morgan fingerprint density at radius 1 is 0.537 bits per heavy atom. The highest BCUT2D eigenvalue weighted by Gasteiger charge is 2.42. The van der Waals surface area contributed by atoms with Gasteiger partial charge in [-0.3, -0.25) is 0 Å². The molecule has 0 aliphatic heterocycles. The van der Waals surface area contributed by atoms with E-state index in [-0.39, 0.29) is 5.41 Å². The van der Waals surface area contributed by atoms with Crippen LogP contribution in [-0.4, -0.2) is 0 Å². The van der Waals surface area contributed by atoms with Crippen molar-refractivity contribution in [3.05, 3.63) is 106 Å². The Balaban J connectivity index is 1.18. The number of hydrogen-bond acceptors (Lipinski definition) is 4. The molecule has 0 amide bonds. The summed E-state index contributed by atoms with van der Waals surface area (Å²) in [5.74, 6) is 6.07. The van der Waals surface area contributed by atoms with E-state index < -0.39 is 0 Å². The van der Waals surface area contributed by atoms with Crippen molar-refractivity contribution in [1.29, 1.82) is 0 Å². The van der Waals surface area contributed by atoms with Crippen molar-refractivity contribution >= 4 is 11.4 Å². The molecule has 4 heteroatoms. The third-order valence-electron chi connectivity index (χ3n) is 13.1. The van der Waals surface area contributed by atoms with Gasteiger partial charge in [0.15, 0.2) is 0 Å². The zero-order chi connectivity index (χ0) is 38.1. The highest BCUT2D eigenvalue weighted by molar-refractivity contribution is 5.55. The van der Waals surface area contributed by atoms with Crippen LogP contribution in [-0.2, 0) is 5.41 Å². The predicted molar refractivity (Wildman–Crippen MR) is 229 cm³/mol. The lowest BCUT2D eigenvalue weighted by atomic mass is 9.59. The van der Waals surface area contributed by atoms with Crippen molar-refractivity contribution in [2.24, 2.45) is 17.8 Å². The van der Waals surface area contributed by atoms with Crippen molar-refractivity contribution < 1.29 is 9.47 Å². The highest BCUT2D eigenvalue weighted by atomic mass is 16.5. The number of benzene rings is 4. The molecule has 0 spiro atoms. The molecule has 0 radical (unpaired) electrons. The Hall–Kier alpha value is -3.92. The van der Waals surface area contributed by atoms with Crippen molar-refractivity contribution in [2.75, 3.05) is 11.5 Å². The summed E-state index contributed by atoms with van der Waals surface area (Å²) in [5.41, 5.74) is 21.0. The van der Waals surface area contributed by atoms with Crippen molar-refractivity contribution in [3.63, 3.8) is 0 Å². The number of nitrogen functional groups attached to an aromatic ring is 2. The molecule has 4 aromatic carbocycles. The maximum Gasteiger partial charge on any atom is 0.133 e. The molecule has 54 heavy (non-hydrogen) atoms. The van der Waals surface area contributed by atoms with Crippen molar-refractivity contribution in [2.45, 2.75) is 149 Å². The zero-order valence-electron chi connectivity index (χ0n) is 34.2. The van der Waals surface area contributed by atoms with Crippen LogP contribution in [0.25, 0.3) is 0 Å². The molecule has 0 heterocycles. The summed E-state index contributed by atoms with van der Waals surface area (Å²) < 4.78 is 12.9. The van der Waals surface area contributed by atoms with E-state index in [1.807, 2.05) is 48.5 Å². The Labute approximate surface area is 327 Å². The van der Waals surface area contributed by atoms with Gasteiger partial charge in [0, 0.05) is 28.9 Å². The van der Waals surface area contributed by atoms with Gasteiger partial charge in [0.05, 0.1) is 0 Å². The zero-order valence-corrected chi connectivity index (χ0v) is 34.2. The van der Waals surface area contributed by atoms with E-state index in [1.165, 1.54) is 143 Å². The lowest BCUT2D eigenvalue weighted by molar-refractivity contribution is 0.140. The van der Waals surface area contributed by atoms with Gasteiger partial charge >= 0.3 is 0 Å². The number of unbranched alkanes of at least 4 members (excludes halogenated alkanes) is 7. The average Bonchev–Trinajstić information content (AvgIpc) is 3.16. The lowest BCUT2D eigenvalue weighted by Crippen LogP contribution is -2.36. The van der Waals surface area contributed by atoms with Crippen LogP contribution in [0.15, 0.2) is 72.8 Å². The maximum absolute atomic E-state index is 6.47. The van der Waals surface area contributed by atoms with Gasteiger partial charge in [0.1, 0.15) is 23.0 Å². The summed E-state index contributed by atoms with van der Waals surface area (Å²) in [5, 5.41) is 0. The molecule has 4 N–H and O–H groups in total. The van der Waals surface area contributed by atoms with Crippen LogP contribution in [0.4, 0.5) is 11.4 Å². The molecule has 4 nitrogen and oxygen atoms in total. The minimum atomic E-state index is -0.0688. The van der Waals surface area contributed by atoms with E-state index in [9.17, 15) is 0 Å². The topological polar surface area (TPSA) is 70.5 Å². The summed E-state index contributed by atoms with van der Waals surface area (Å²) in [6, 6.07) is 25.1. The molecule has 4 aromatic rings. The summed E-state index contributed by atoms with van der Waals surface area (Å²) in [6.07, 6.45) is 23.5. The summed E-state index contributed by atoms with van der Waals surface area (Å²) in [6.45, 7) is 11.1. The largest absolute Gasteiger partial charge is 0.457 e. The molecule has 6 rings (SSSR count). The fraction of sp³-hybridized carbons (Fsp3) is 0.520. The fourth-order valence-electron chi connectivity index (χ4n) is 10.0. The molecule has 0 aromatic heterocycles. The van der Waals surface area contributed by atoms with E-state index in [4.69, 9.17) is 20.9 Å². The molecule has 2 saturated carbocycles. The molecule has 2 aliphatic carbocycles. The van der Waals surface area contributed by atoms with E-state index in [1.54, 1.807) is 0 Å². The van der Waals surface area contributed by atoms with E-state index >= 15 is 0 Å². The fourth-order valence-corrected chi connectivity index (χ4v) is 10.0. The maximum atomic E-state index is 6.47. The van der Waals surface area contributed by atoms with E-state index in [0.717, 1.165) is 40.8 Å². The van der Waals surface area contributed by atoms with Crippen LogP contribution < -0.4 is 20.9 Å². The number of anilines is 2. The Kier molecular flexibility index (Phi) is 13.7. The molecule has 290 valence electrons. The Morgan fingerprint density at radius 3 is 1.41 bits per heavy atom. The molecule has 0 bridgehead atoms. The van der Waals surface area contributed by atoms with Crippen LogP contribution >= 0.6 is 0 Å². The number of rotatable bonds is 16. The molecule has 2 aliphatic rings. The smallest absolute Gasteiger partial charge is 0.133 e. The number of aryl methyl sites for hydroxylation is 4. The van der Waals surface area contributed by atoms with E-state index in [2.05, 4.69) is 58.9 Å². The van der Waals surface area contributed by atoms with Gasteiger partial charge in [-0.2, -0.15) is 0 Å². The second-order valence-corrected chi connectivity index (χ2v) is 17.2. The average molecular weight is 729 g/mol. The molecular weight excluding hydrogens is 661 g/mol. The van der Waals surface area contributed by atoms with Crippen LogP contribution in [0.2, 0.25) is 0 Å². The highest BCUT2D eigenvalue weighted by Crippen LogP contribution is 2.52. The van der Waals surface area contributed by atoms with E-state index in [0.29, 0.717) is 11.4 Å². The molecule has 0 saturated heterocycles. The lowest BCUT2D eigenvalue weighted by Gasteiger charge is -2.45. The first kappa shape index (κ1) is 39.8. The number of hydrogen-bond donors (Lipinski definition) is 2. The minimum absolute atomic E-state index is 0.0688. The number of ether oxygens (including phenoxy) is 2. The van der Waals surface area contributed by atoms with Gasteiger partial charge < -0.3 is 20.9 Å². The quantitative estimate of drug-likeness (QED) is 0.0890. The van der Waals surface area contributed by atoms with Gasteiger partial charge in [-0.1, -0.05) is 114 Å². The summed E-state index contributed by atoms with van der Waals surface area (Å²) in [4.78, 5) is 0. The third kappa shape index (κ3) is 9.84. The predicted octanol–water partition coefficient (Wildman–Crippen LogP) is 14.5. The Morgan fingerprint density at radius 2 is 0.963 bits per heavy atom. The molecular formula is C50H68N2O2. The molecule has 2 fully saturated rings. The summed E-state index contributed by atoms with van der Waals surface area (Å²) >= 11 is 0.